The van der Waals surface area contributed by atoms with Gasteiger partial charge in [0.2, 0.25) is 0 Å². The molecule has 0 aliphatic rings. The number of aromatic nitrogens is 4. The summed E-state index contributed by atoms with van der Waals surface area (Å²) in [6.45, 7) is 3.85. The zero-order valence-corrected chi connectivity index (χ0v) is 17.2. The number of nitrogens with zero attached hydrogens (tertiary/aromatic N) is 4. The van der Waals surface area contributed by atoms with Gasteiger partial charge in [0.25, 0.3) is 0 Å². The van der Waals surface area contributed by atoms with Gasteiger partial charge in [-0.15, -0.1) is 0 Å². The Morgan fingerprint density at radius 1 is 1.00 bits per heavy atom. The Balaban J connectivity index is 1.68. The van der Waals surface area contributed by atoms with Crippen LogP contribution in [0.2, 0.25) is 0 Å². The number of sulfone groups is 1. The molecular weight excluding hydrogens is 386 g/mol. The second-order valence-electron chi connectivity index (χ2n) is 6.96. The monoisotopic (exact) mass is 407 g/mol. The molecule has 2 heterocycles. The lowest BCUT2D eigenvalue weighted by molar-refractivity contribution is 0.602. The molecule has 1 N–H and O–H groups in total. The summed E-state index contributed by atoms with van der Waals surface area (Å²) in [5.41, 5.74) is 2.61. The van der Waals surface area contributed by atoms with Crippen LogP contribution in [0.5, 0.6) is 0 Å². The topological polar surface area (TPSA) is 89.8 Å². The molecule has 148 valence electrons. The molecule has 0 fully saturated rings. The van der Waals surface area contributed by atoms with Crippen LogP contribution in [0.1, 0.15) is 24.4 Å². The molecule has 1 atom stereocenters. The van der Waals surface area contributed by atoms with E-state index in [1.807, 2.05) is 56.3 Å². The van der Waals surface area contributed by atoms with Gasteiger partial charge in [-0.25, -0.2) is 23.1 Å². The van der Waals surface area contributed by atoms with Crippen molar-refractivity contribution in [3.05, 3.63) is 72.2 Å². The third-order valence-corrected chi connectivity index (χ3v) is 5.83. The molecule has 0 aliphatic heterocycles. The van der Waals surface area contributed by atoms with E-state index in [1.54, 1.807) is 23.0 Å². The van der Waals surface area contributed by atoms with E-state index in [9.17, 15) is 8.42 Å². The summed E-state index contributed by atoms with van der Waals surface area (Å²) in [6.07, 6.45) is 2.96. The first kappa shape index (κ1) is 19.1. The van der Waals surface area contributed by atoms with Gasteiger partial charge in [0.15, 0.2) is 15.5 Å². The van der Waals surface area contributed by atoms with Crippen molar-refractivity contribution in [3.63, 3.8) is 0 Å². The van der Waals surface area contributed by atoms with Crippen molar-refractivity contribution in [2.45, 2.75) is 24.8 Å². The van der Waals surface area contributed by atoms with Crippen molar-refractivity contribution >= 4 is 26.7 Å². The van der Waals surface area contributed by atoms with Crippen molar-refractivity contribution in [1.29, 1.82) is 0 Å². The first-order valence-corrected chi connectivity index (χ1v) is 11.1. The number of benzene rings is 2. The van der Waals surface area contributed by atoms with Crippen LogP contribution in [-0.4, -0.2) is 34.4 Å². The van der Waals surface area contributed by atoms with Gasteiger partial charge in [0.05, 0.1) is 22.2 Å². The largest absolute Gasteiger partial charge is 0.363 e. The lowest BCUT2D eigenvalue weighted by Gasteiger charge is -2.16. The Bertz CT molecular complexity index is 1270. The minimum atomic E-state index is -3.21. The second-order valence-corrected chi connectivity index (χ2v) is 8.97. The molecule has 0 amide bonds. The predicted molar refractivity (Wildman–Crippen MR) is 113 cm³/mol. The highest BCUT2D eigenvalue weighted by Crippen LogP contribution is 2.26. The number of anilines is 1. The molecule has 7 nitrogen and oxygen atoms in total. The summed E-state index contributed by atoms with van der Waals surface area (Å²) in [5.74, 6) is 1.33. The van der Waals surface area contributed by atoms with Gasteiger partial charge in [0, 0.05) is 12.3 Å². The summed E-state index contributed by atoms with van der Waals surface area (Å²) in [5, 5.41) is 8.72. The normalized spacial score (nSPS) is 12.8. The first-order valence-electron chi connectivity index (χ1n) is 9.17. The third kappa shape index (κ3) is 3.84. The smallest absolute Gasteiger partial charge is 0.175 e. The lowest BCUT2D eigenvalue weighted by Crippen LogP contribution is -2.10. The van der Waals surface area contributed by atoms with Crippen LogP contribution in [-0.2, 0) is 9.84 Å². The maximum absolute atomic E-state index is 11.7. The van der Waals surface area contributed by atoms with Gasteiger partial charge in [-0.2, -0.15) is 5.10 Å². The van der Waals surface area contributed by atoms with E-state index in [0.717, 1.165) is 22.3 Å². The molecular formula is C21H21N5O2S. The molecule has 4 rings (SSSR count). The van der Waals surface area contributed by atoms with Gasteiger partial charge in [-0.1, -0.05) is 30.3 Å². The SMILES string of the molecule is Cc1nc(N[C@@H](C)c2ccc(S(C)(=O)=O)cc2)c2cnn(-c3ccccc3)c2n1. The summed E-state index contributed by atoms with van der Waals surface area (Å²) in [7, 11) is -3.21. The highest BCUT2D eigenvalue weighted by Gasteiger charge is 2.16. The minimum absolute atomic E-state index is 0.0822. The van der Waals surface area contributed by atoms with Gasteiger partial charge >= 0.3 is 0 Å². The van der Waals surface area contributed by atoms with Crippen LogP contribution in [0.4, 0.5) is 5.82 Å². The minimum Gasteiger partial charge on any atom is -0.363 e. The molecule has 0 radical (unpaired) electrons. The van der Waals surface area contributed by atoms with Crippen LogP contribution in [0.25, 0.3) is 16.7 Å². The summed E-state index contributed by atoms with van der Waals surface area (Å²) in [6, 6.07) is 16.6. The maximum Gasteiger partial charge on any atom is 0.175 e. The molecule has 0 saturated heterocycles. The number of hydrogen-bond donors (Lipinski definition) is 1. The number of nitrogens with one attached hydrogen (secondary N) is 1. The van der Waals surface area contributed by atoms with E-state index < -0.39 is 9.84 Å². The molecule has 0 spiro atoms. The molecule has 8 heteroatoms. The molecule has 2 aromatic heterocycles. The van der Waals surface area contributed by atoms with Crippen molar-refractivity contribution in [3.8, 4) is 5.69 Å². The molecule has 29 heavy (non-hydrogen) atoms. The Kier molecular flexibility index (Phi) is 4.79. The van der Waals surface area contributed by atoms with E-state index in [1.165, 1.54) is 6.26 Å². The Morgan fingerprint density at radius 2 is 1.69 bits per heavy atom. The van der Waals surface area contributed by atoms with Crippen LogP contribution in [0, 0.1) is 6.92 Å². The Hall–Kier alpha value is -3.26. The second kappa shape index (κ2) is 7.29. The molecule has 0 aliphatic carbocycles. The van der Waals surface area contributed by atoms with Crippen LogP contribution >= 0.6 is 0 Å². The zero-order valence-electron chi connectivity index (χ0n) is 16.4. The average Bonchev–Trinajstić information content (AvgIpc) is 3.12. The highest BCUT2D eigenvalue weighted by atomic mass is 32.2. The maximum atomic E-state index is 11.7. The number of hydrogen-bond acceptors (Lipinski definition) is 6. The van der Waals surface area contributed by atoms with Crippen LogP contribution in [0.15, 0.2) is 65.7 Å². The molecule has 0 saturated carbocycles. The van der Waals surface area contributed by atoms with E-state index in [0.29, 0.717) is 16.5 Å². The van der Waals surface area contributed by atoms with E-state index in [-0.39, 0.29) is 6.04 Å². The summed E-state index contributed by atoms with van der Waals surface area (Å²) in [4.78, 5) is 9.44. The average molecular weight is 407 g/mol. The number of fused-ring (bicyclic) bond motifs is 1. The fourth-order valence-corrected chi connectivity index (χ4v) is 3.81. The Morgan fingerprint density at radius 3 is 2.34 bits per heavy atom. The van der Waals surface area contributed by atoms with Crippen molar-refractivity contribution < 1.29 is 8.42 Å². The number of aryl methyl sites for hydroxylation is 1. The van der Waals surface area contributed by atoms with Crippen LogP contribution in [0.3, 0.4) is 0 Å². The molecule has 0 bridgehead atoms. The molecule has 2 aromatic carbocycles. The third-order valence-electron chi connectivity index (χ3n) is 4.70. The van der Waals surface area contributed by atoms with Crippen LogP contribution < -0.4 is 5.32 Å². The van der Waals surface area contributed by atoms with Crippen molar-refractivity contribution in [2.75, 3.05) is 11.6 Å². The number of rotatable bonds is 5. The zero-order chi connectivity index (χ0) is 20.6. The fraction of sp³-hybridized carbons (Fsp3) is 0.190. The molecule has 4 aromatic rings. The van der Waals surface area contributed by atoms with E-state index >= 15 is 0 Å². The number of para-hydroxylation sites is 1. The van der Waals surface area contributed by atoms with Gasteiger partial charge in [0.1, 0.15) is 11.6 Å². The van der Waals surface area contributed by atoms with Gasteiger partial charge in [-0.05, 0) is 43.7 Å². The quantitative estimate of drug-likeness (QED) is 0.543. The first-order chi connectivity index (χ1) is 13.8. The van der Waals surface area contributed by atoms with Gasteiger partial charge < -0.3 is 5.32 Å². The summed E-state index contributed by atoms with van der Waals surface area (Å²) >= 11 is 0. The Labute approximate surface area is 169 Å². The van der Waals surface area contributed by atoms with Crippen molar-refractivity contribution in [1.82, 2.24) is 19.7 Å². The van der Waals surface area contributed by atoms with E-state index in [2.05, 4.69) is 20.4 Å². The highest BCUT2D eigenvalue weighted by molar-refractivity contribution is 7.90. The lowest BCUT2D eigenvalue weighted by atomic mass is 10.1. The predicted octanol–water partition coefficient (Wildman–Crippen LogP) is 3.70. The molecule has 0 unspecified atom stereocenters. The standard InChI is InChI=1S/C21H21N5O2S/c1-14(16-9-11-18(12-10-16)29(3,27)28)23-20-19-13-22-26(17-7-5-4-6-8-17)21(19)25-15(2)24-20/h4-14H,1-3H3,(H,23,24,25)/t14-/m0/s1. The van der Waals surface area contributed by atoms with Gasteiger partial charge in [-0.3, -0.25) is 0 Å². The summed E-state index contributed by atoms with van der Waals surface area (Å²) < 4.78 is 25.1. The van der Waals surface area contributed by atoms with E-state index in [4.69, 9.17) is 0 Å². The van der Waals surface area contributed by atoms with Crippen molar-refractivity contribution in [2.24, 2.45) is 0 Å². The fourth-order valence-electron chi connectivity index (χ4n) is 3.18.